The van der Waals surface area contributed by atoms with Crippen LogP contribution in [0.15, 0.2) is 24.3 Å². The van der Waals surface area contributed by atoms with Crippen LogP contribution in [0.5, 0.6) is 0 Å². The summed E-state index contributed by atoms with van der Waals surface area (Å²) in [6.45, 7) is 3.84. The molecule has 1 aliphatic rings. The second kappa shape index (κ2) is 5.13. The molecule has 1 atom stereocenters. The molecule has 100 valence electrons. The van der Waals surface area contributed by atoms with Crippen molar-refractivity contribution in [2.75, 3.05) is 6.54 Å². The highest BCUT2D eigenvalue weighted by atomic mass is 15.3. The number of aromatic nitrogens is 3. The van der Waals surface area contributed by atoms with Gasteiger partial charge in [0.05, 0.1) is 0 Å². The number of nitrogens with two attached hydrogens (primary N) is 1. The summed E-state index contributed by atoms with van der Waals surface area (Å²) in [6, 6.07) is 8.58. The van der Waals surface area contributed by atoms with Crippen LogP contribution in [0.4, 0.5) is 0 Å². The first kappa shape index (κ1) is 12.4. The number of hydrogen-bond donors (Lipinski definition) is 1. The summed E-state index contributed by atoms with van der Waals surface area (Å²) >= 11 is 0. The van der Waals surface area contributed by atoms with Crippen molar-refractivity contribution >= 4 is 0 Å². The number of nitrogens with zero attached hydrogens (tertiary/aromatic N) is 3. The number of aryl methyl sites for hydroxylation is 2. The fourth-order valence-electron chi connectivity index (χ4n) is 2.78. The second-order valence-corrected chi connectivity index (χ2v) is 5.45. The zero-order valence-corrected chi connectivity index (χ0v) is 11.3. The smallest absolute Gasteiger partial charge is 0.137 e. The highest BCUT2D eigenvalue weighted by Crippen LogP contribution is 2.20. The van der Waals surface area contributed by atoms with Crippen molar-refractivity contribution in [3.63, 3.8) is 0 Å². The maximum atomic E-state index is 5.80. The Hall–Kier alpha value is -1.68. The van der Waals surface area contributed by atoms with E-state index >= 15 is 0 Å². The van der Waals surface area contributed by atoms with Crippen LogP contribution < -0.4 is 5.73 Å². The fourth-order valence-corrected chi connectivity index (χ4v) is 2.78. The molecule has 1 aromatic carbocycles. The van der Waals surface area contributed by atoms with Crippen molar-refractivity contribution in [3.05, 3.63) is 47.0 Å². The van der Waals surface area contributed by atoms with Crippen molar-refractivity contribution < 1.29 is 0 Å². The largest absolute Gasteiger partial charge is 0.330 e. The molecule has 0 fully saturated rings. The predicted molar refractivity (Wildman–Crippen MR) is 74.9 cm³/mol. The molecule has 4 heteroatoms. The molecule has 2 aromatic rings. The third kappa shape index (κ3) is 2.54. The lowest BCUT2D eigenvalue weighted by molar-refractivity contribution is 0.368. The van der Waals surface area contributed by atoms with Crippen LogP contribution in [0, 0.1) is 12.8 Å². The predicted octanol–water partition coefficient (Wildman–Crippen LogP) is 1.70. The van der Waals surface area contributed by atoms with Crippen LogP contribution in [-0.2, 0) is 19.4 Å². The average Bonchev–Trinajstić information content (AvgIpc) is 2.81. The molecule has 0 saturated carbocycles. The van der Waals surface area contributed by atoms with Gasteiger partial charge in [-0.05, 0) is 31.4 Å². The van der Waals surface area contributed by atoms with Crippen LogP contribution in [-0.4, -0.2) is 21.3 Å². The normalized spacial score (nSPS) is 18.3. The quantitative estimate of drug-likeness (QED) is 0.909. The van der Waals surface area contributed by atoms with Crippen LogP contribution in [0.25, 0.3) is 0 Å². The van der Waals surface area contributed by atoms with Gasteiger partial charge in [0.2, 0.25) is 0 Å². The number of fused-ring (bicyclic) bond motifs is 1. The van der Waals surface area contributed by atoms with Crippen LogP contribution in [0.1, 0.15) is 29.2 Å². The highest BCUT2D eigenvalue weighted by molar-refractivity contribution is 5.25. The van der Waals surface area contributed by atoms with Crippen molar-refractivity contribution in [2.24, 2.45) is 11.7 Å². The maximum absolute atomic E-state index is 5.80. The van der Waals surface area contributed by atoms with E-state index in [1.165, 1.54) is 11.1 Å². The first-order valence-corrected chi connectivity index (χ1v) is 6.93. The molecule has 0 amide bonds. The molecule has 0 bridgehead atoms. The highest BCUT2D eigenvalue weighted by Gasteiger charge is 2.21. The summed E-state index contributed by atoms with van der Waals surface area (Å²) in [5.41, 5.74) is 8.38. The van der Waals surface area contributed by atoms with E-state index in [1.54, 1.807) is 0 Å². The van der Waals surface area contributed by atoms with Gasteiger partial charge in [-0.15, -0.1) is 10.2 Å². The lowest BCUT2D eigenvalue weighted by Gasteiger charge is -2.23. The summed E-state index contributed by atoms with van der Waals surface area (Å²) in [7, 11) is 0. The summed E-state index contributed by atoms with van der Waals surface area (Å²) in [5.74, 6) is 2.76. The molecular weight excluding hydrogens is 236 g/mol. The summed E-state index contributed by atoms with van der Waals surface area (Å²) in [5, 5.41) is 8.68. The lowest BCUT2D eigenvalue weighted by atomic mass is 9.99. The van der Waals surface area contributed by atoms with Gasteiger partial charge >= 0.3 is 0 Å². The van der Waals surface area contributed by atoms with Crippen molar-refractivity contribution in [3.8, 4) is 0 Å². The summed E-state index contributed by atoms with van der Waals surface area (Å²) < 4.78 is 2.27. The van der Waals surface area contributed by atoms with Gasteiger partial charge in [-0.2, -0.15) is 0 Å². The van der Waals surface area contributed by atoms with Gasteiger partial charge in [-0.25, -0.2) is 0 Å². The first-order valence-electron chi connectivity index (χ1n) is 6.93. The van der Waals surface area contributed by atoms with Crippen molar-refractivity contribution in [1.82, 2.24) is 14.8 Å². The maximum Gasteiger partial charge on any atom is 0.137 e. The van der Waals surface area contributed by atoms with Gasteiger partial charge in [0.15, 0.2) is 0 Å². The van der Waals surface area contributed by atoms with Gasteiger partial charge in [-0.1, -0.05) is 29.8 Å². The Morgan fingerprint density at radius 3 is 3.05 bits per heavy atom. The van der Waals surface area contributed by atoms with E-state index in [4.69, 9.17) is 5.73 Å². The van der Waals surface area contributed by atoms with Gasteiger partial charge in [0.25, 0.3) is 0 Å². The number of benzene rings is 1. The van der Waals surface area contributed by atoms with Crippen LogP contribution in [0.3, 0.4) is 0 Å². The van der Waals surface area contributed by atoms with E-state index in [0.717, 1.165) is 44.0 Å². The number of rotatable bonds is 3. The lowest BCUT2D eigenvalue weighted by Crippen LogP contribution is -2.27. The summed E-state index contributed by atoms with van der Waals surface area (Å²) in [4.78, 5) is 0. The van der Waals surface area contributed by atoms with Crippen molar-refractivity contribution in [1.29, 1.82) is 0 Å². The molecule has 0 saturated heterocycles. The van der Waals surface area contributed by atoms with Crippen LogP contribution >= 0.6 is 0 Å². The third-order valence-corrected chi connectivity index (χ3v) is 3.90. The van der Waals surface area contributed by atoms with Gasteiger partial charge in [0.1, 0.15) is 11.6 Å². The van der Waals surface area contributed by atoms with Gasteiger partial charge < -0.3 is 10.3 Å². The van der Waals surface area contributed by atoms with E-state index in [0.29, 0.717) is 5.92 Å². The molecule has 1 aromatic heterocycles. The van der Waals surface area contributed by atoms with E-state index in [1.807, 2.05) is 0 Å². The Balaban J connectivity index is 1.85. The Morgan fingerprint density at radius 1 is 1.37 bits per heavy atom. The Labute approximate surface area is 113 Å². The third-order valence-electron chi connectivity index (χ3n) is 3.90. The minimum absolute atomic E-state index is 0.569. The molecule has 0 radical (unpaired) electrons. The number of hydrogen-bond acceptors (Lipinski definition) is 3. The standard InChI is InChI=1S/C15H20N4/c1-11-3-2-4-12(7-11)8-15-18-17-14-6-5-13(9-16)10-19(14)15/h2-4,7,13H,5-6,8-10,16H2,1H3. The van der Waals surface area contributed by atoms with Gasteiger partial charge in [-0.3, -0.25) is 0 Å². The second-order valence-electron chi connectivity index (χ2n) is 5.45. The Kier molecular flexibility index (Phi) is 3.34. The van der Waals surface area contributed by atoms with Crippen LogP contribution in [0.2, 0.25) is 0 Å². The monoisotopic (exact) mass is 256 g/mol. The van der Waals surface area contributed by atoms with E-state index in [-0.39, 0.29) is 0 Å². The minimum Gasteiger partial charge on any atom is -0.330 e. The van der Waals surface area contributed by atoms with E-state index < -0.39 is 0 Å². The molecule has 1 aliphatic heterocycles. The molecule has 1 unspecified atom stereocenters. The van der Waals surface area contributed by atoms with E-state index in [2.05, 4.69) is 46.0 Å². The Bertz CT molecular complexity index is 573. The van der Waals surface area contributed by atoms with Gasteiger partial charge in [0, 0.05) is 19.4 Å². The molecular formula is C15H20N4. The minimum atomic E-state index is 0.569. The topological polar surface area (TPSA) is 56.7 Å². The molecule has 3 rings (SSSR count). The zero-order valence-electron chi connectivity index (χ0n) is 11.3. The molecule has 2 N–H and O–H groups in total. The van der Waals surface area contributed by atoms with E-state index in [9.17, 15) is 0 Å². The SMILES string of the molecule is Cc1cccc(Cc2nnc3n2CC(CN)CC3)c1. The first-order chi connectivity index (χ1) is 9.26. The summed E-state index contributed by atoms with van der Waals surface area (Å²) in [6.07, 6.45) is 2.99. The molecule has 4 nitrogen and oxygen atoms in total. The average molecular weight is 256 g/mol. The van der Waals surface area contributed by atoms with Crippen molar-refractivity contribution in [2.45, 2.75) is 32.7 Å². The Morgan fingerprint density at radius 2 is 2.26 bits per heavy atom. The molecule has 0 aliphatic carbocycles. The zero-order chi connectivity index (χ0) is 13.2. The fraction of sp³-hybridized carbons (Fsp3) is 0.467. The molecule has 2 heterocycles. The molecule has 0 spiro atoms. The molecule has 19 heavy (non-hydrogen) atoms.